The van der Waals surface area contributed by atoms with Crippen LogP contribution in [0.2, 0.25) is 10.0 Å². The quantitative estimate of drug-likeness (QED) is 0.218. The van der Waals surface area contributed by atoms with Crippen molar-refractivity contribution in [3.05, 3.63) is 63.5 Å². The van der Waals surface area contributed by atoms with Crippen LogP contribution in [0, 0.1) is 20.2 Å². The van der Waals surface area contributed by atoms with Crippen molar-refractivity contribution in [3.63, 3.8) is 0 Å². The van der Waals surface area contributed by atoms with E-state index in [4.69, 9.17) is 37.5 Å². The smallest absolute Gasteiger partial charge is 0.443 e. The van der Waals surface area contributed by atoms with Crippen molar-refractivity contribution in [1.29, 1.82) is 0 Å². The number of ether oxygens (including phenoxy) is 2. The Morgan fingerprint density at radius 2 is 1.12 bits per heavy atom. The molecule has 0 heterocycles. The van der Waals surface area contributed by atoms with Crippen LogP contribution in [0.25, 0.3) is 0 Å². The van der Waals surface area contributed by atoms with Crippen LogP contribution >= 0.6 is 55.1 Å². The SMILES string of the molecule is CC(C)(C)OC(=O)N(OC(=O)N(C(=O)OC(C)(C)C)c1ccc(Br)c(Cl)c1[N+](=O)[O-])c1ccc(Br)c(Cl)c1[N+](=O)[O-]. The first-order chi connectivity index (χ1) is 18.7. The number of imide groups is 1. The lowest BCUT2D eigenvalue weighted by molar-refractivity contribution is -0.384. The van der Waals surface area contributed by atoms with Gasteiger partial charge in [-0.3, -0.25) is 20.2 Å². The molecule has 0 saturated heterocycles. The lowest BCUT2D eigenvalue weighted by Crippen LogP contribution is -2.46. The van der Waals surface area contributed by atoms with Crippen LogP contribution in [0.4, 0.5) is 37.1 Å². The lowest BCUT2D eigenvalue weighted by Gasteiger charge is -2.29. The van der Waals surface area contributed by atoms with Gasteiger partial charge >= 0.3 is 29.7 Å². The van der Waals surface area contributed by atoms with E-state index in [-0.39, 0.29) is 18.9 Å². The third-order valence-electron chi connectivity index (χ3n) is 4.41. The fraction of sp³-hybridized carbons (Fsp3) is 0.348. The minimum absolute atomic E-state index is 0.0580. The molecule has 0 atom stereocenters. The molecule has 0 aliphatic heterocycles. The third kappa shape index (κ3) is 8.40. The van der Waals surface area contributed by atoms with Gasteiger partial charge in [-0.1, -0.05) is 28.3 Å². The molecule has 2 aromatic rings. The molecule has 0 spiro atoms. The highest BCUT2D eigenvalue weighted by Gasteiger charge is 2.41. The molecule has 2 rings (SSSR count). The van der Waals surface area contributed by atoms with Gasteiger partial charge < -0.3 is 14.3 Å². The molecule has 41 heavy (non-hydrogen) atoms. The van der Waals surface area contributed by atoms with E-state index in [1.165, 1.54) is 53.7 Å². The van der Waals surface area contributed by atoms with Crippen LogP contribution in [0.1, 0.15) is 41.5 Å². The maximum absolute atomic E-state index is 13.6. The zero-order chi connectivity index (χ0) is 31.6. The van der Waals surface area contributed by atoms with Crippen molar-refractivity contribution in [2.24, 2.45) is 0 Å². The number of nitro benzene ring substituents is 2. The second-order valence-electron chi connectivity index (χ2n) is 9.92. The number of nitro groups is 2. The molecule has 0 aliphatic rings. The Kier molecular flexibility index (Phi) is 10.6. The minimum atomic E-state index is -1.75. The van der Waals surface area contributed by atoms with Gasteiger partial charge in [-0.25, -0.2) is 14.4 Å². The summed E-state index contributed by atoms with van der Waals surface area (Å²) in [4.78, 5) is 67.2. The summed E-state index contributed by atoms with van der Waals surface area (Å²) in [7, 11) is 0. The van der Waals surface area contributed by atoms with Gasteiger partial charge in [-0.15, -0.1) is 0 Å². The van der Waals surface area contributed by atoms with E-state index in [1.54, 1.807) is 0 Å². The molecule has 0 bridgehead atoms. The summed E-state index contributed by atoms with van der Waals surface area (Å²) in [5.74, 6) is 0. The van der Waals surface area contributed by atoms with Crippen molar-refractivity contribution in [1.82, 2.24) is 0 Å². The predicted molar refractivity (Wildman–Crippen MR) is 156 cm³/mol. The number of carbonyl (C=O) groups excluding carboxylic acids is 3. The Bertz CT molecular complexity index is 1430. The van der Waals surface area contributed by atoms with Gasteiger partial charge in [0.05, 0.1) is 9.85 Å². The fourth-order valence-corrected chi connectivity index (χ4v) is 4.03. The Morgan fingerprint density at radius 1 is 0.732 bits per heavy atom. The Hall–Kier alpha value is -3.21. The van der Waals surface area contributed by atoms with E-state index >= 15 is 0 Å². The van der Waals surface area contributed by atoms with Crippen LogP contribution in [-0.2, 0) is 14.3 Å². The number of carbonyl (C=O) groups is 3. The van der Waals surface area contributed by atoms with Crippen molar-refractivity contribution in [2.75, 3.05) is 9.96 Å². The highest BCUT2D eigenvalue weighted by atomic mass is 79.9. The fourth-order valence-electron chi connectivity index (χ4n) is 2.94. The van der Waals surface area contributed by atoms with Gasteiger partial charge in [0.15, 0.2) is 5.69 Å². The van der Waals surface area contributed by atoms with Gasteiger partial charge in [0, 0.05) is 8.95 Å². The number of halogens is 4. The molecule has 14 nitrogen and oxygen atoms in total. The number of hydroxylamine groups is 1. The number of rotatable bonds is 4. The van der Waals surface area contributed by atoms with Crippen LogP contribution in [-0.4, -0.2) is 39.3 Å². The molecule has 222 valence electrons. The zero-order valence-electron chi connectivity index (χ0n) is 22.2. The largest absolute Gasteiger partial charge is 0.449 e. The van der Waals surface area contributed by atoms with Crippen LogP contribution in [0.5, 0.6) is 0 Å². The van der Waals surface area contributed by atoms with Crippen LogP contribution < -0.4 is 9.96 Å². The van der Waals surface area contributed by atoms with E-state index in [0.29, 0.717) is 0 Å². The highest BCUT2D eigenvalue weighted by molar-refractivity contribution is 9.10. The average Bonchev–Trinajstić information content (AvgIpc) is 2.78. The minimum Gasteiger partial charge on any atom is -0.443 e. The van der Waals surface area contributed by atoms with Gasteiger partial charge in [-0.2, -0.15) is 4.90 Å². The summed E-state index contributed by atoms with van der Waals surface area (Å²) < 4.78 is 10.6. The van der Waals surface area contributed by atoms with Crippen molar-refractivity contribution in [2.45, 2.75) is 52.7 Å². The molecule has 18 heteroatoms. The number of hydrogen-bond acceptors (Lipinski definition) is 10. The number of nitrogens with zero attached hydrogens (tertiary/aromatic N) is 4. The molecular formula is C23H22Br2Cl2N4O10. The van der Waals surface area contributed by atoms with E-state index in [2.05, 4.69) is 31.9 Å². The van der Waals surface area contributed by atoms with Gasteiger partial charge in [0.1, 0.15) is 26.9 Å². The predicted octanol–water partition coefficient (Wildman–Crippen LogP) is 8.57. The number of amides is 3. The van der Waals surface area contributed by atoms with Gasteiger partial charge in [-0.05, 0) is 97.7 Å². The first kappa shape index (κ1) is 34.0. The monoisotopic (exact) mass is 742 g/mol. The molecule has 0 radical (unpaired) electrons. The number of anilines is 2. The summed E-state index contributed by atoms with van der Waals surface area (Å²) in [6.45, 7) is 8.77. The Balaban J connectivity index is 2.81. The van der Waals surface area contributed by atoms with Gasteiger partial charge in [0.25, 0.3) is 0 Å². The van der Waals surface area contributed by atoms with E-state index < -0.39 is 72.1 Å². The van der Waals surface area contributed by atoms with Crippen LogP contribution in [0.3, 0.4) is 0 Å². The highest BCUT2D eigenvalue weighted by Crippen LogP contribution is 2.43. The first-order valence-corrected chi connectivity index (χ1v) is 13.5. The molecule has 2 aromatic carbocycles. The zero-order valence-corrected chi connectivity index (χ0v) is 26.9. The molecule has 3 amide bonds. The molecule has 0 aromatic heterocycles. The second-order valence-corrected chi connectivity index (χ2v) is 12.4. The summed E-state index contributed by atoms with van der Waals surface area (Å²) in [6, 6.07) is 4.44. The second kappa shape index (κ2) is 12.8. The van der Waals surface area contributed by atoms with E-state index in [0.717, 1.165) is 12.1 Å². The summed E-state index contributed by atoms with van der Waals surface area (Å²) in [5, 5.41) is 23.0. The van der Waals surface area contributed by atoms with Gasteiger partial charge in [0.2, 0.25) is 0 Å². The number of benzene rings is 2. The molecule has 0 unspecified atom stereocenters. The first-order valence-electron chi connectivity index (χ1n) is 11.2. The average molecular weight is 745 g/mol. The summed E-state index contributed by atoms with van der Waals surface area (Å²) in [6.07, 6.45) is -4.64. The Morgan fingerprint density at radius 3 is 1.54 bits per heavy atom. The molecular weight excluding hydrogens is 723 g/mol. The van der Waals surface area contributed by atoms with E-state index in [1.807, 2.05) is 0 Å². The Labute approximate surface area is 259 Å². The molecule has 0 saturated carbocycles. The molecule has 0 N–H and O–H groups in total. The summed E-state index contributed by atoms with van der Waals surface area (Å²) in [5.41, 5.74) is -5.55. The van der Waals surface area contributed by atoms with Crippen molar-refractivity contribution >= 4 is 96.1 Å². The maximum Gasteiger partial charge on any atom is 0.449 e. The molecule has 0 aliphatic carbocycles. The van der Waals surface area contributed by atoms with Crippen molar-refractivity contribution in [3.8, 4) is 0 Å². The molecule has 0 fully saturated rings. The van der Waals surface area contributed by atoms with Crippen LogP contribution in [0.15, 0.2) is 33.2 Å². The van der Waals surface area contributed by atoms with E-state index in [9.17, 15) is 34.6 Å². The summed E-state index contributed by atoms with van der Waals surface area (Å²) >= 11 is 18.3. The third-order valence-corrected chi connectivity index (χ3v) is 6.95. The van der Waals surface area contributed by atoms with Crippen molar-refractivity contribution < 1.29 is 38.5 Å². The topological polar surface area (TPSA) is 172 Å². The maximum atomic E-state index is 13.6. The number of hydrogen-bond donors (Lipinski definition) is 0. The lowest BCUT2D eigenvalue weighted by atomic mass is 10.2. The normalized spacial score (nSPS) is 11.4. The standard InChI is InChI=1S/C23H22Br2Cl2N4O10/c1-22(2,3)39-19(32)28(13-9-7-11(24)15(26)17(13)30(35)36)20(33)41-29(21(34)40-23(4,5)6)14-10-8-12(25)16(27)18(14)31(37)38/h7-10H,1-6H3.